The minimum atomic E-state index is 0.108. The van der Waals surface area contributed by atoms with Crippen LogP contribution in [-0.4, -0.2) is 5.78 Å². The van der Waals surface area contributed by atoms with Crippen LogP contribution in [0.25, 0.3) is 0 Å². The molecule has 0 aromatic heterocycles. The lowest BCUT2D eigenvalue weighted by Crippen LogP contribution is -2.28. The van der Waals surface area contributed by atoms with Crippen LogP contribution in [0.4, 0.5) is 0 Å². The van der Waals surface area contributed by atoms with E-state index < -0.39 is 0 Å². The summed E-state index contributed by atoms with van der Waals surface area (Å²) in [4.78, 5) is 12.1. The predicted octanol–water partition coefficient (Wildman–Crippen LogP) is 4.24. The van der Waals surface area contributed by atoms with Crippen molar-refractivity contribution in [3.63, 3.8) is 0 Å². The first kappa shape index (κ1) is 12.3. The Balaban J connectivity index is 2.58. The molecule has 1 aliphatic carbocycles. The molecule has 17 heavy (non-hydrogen) atoms. The smallest absolute Gasteiger partial charge is 0.163 e. The number of ketones is 1. The Hall–Kier alpha value is -1.11. The van der Waals surface area contributed by atoms with Crippen LogP contribution in [0, 0.1) is 0 Å². The lowest BCUT2D eigenvalue weighted by Gasteiger charge is -2.33. The van der Waals surface area contributed by atoms with Crippen LogP contribution in [0.3, 0.4) is 0 Å². The maximum Gasteiger partial charge on any atom is 0.163 e. The van der Waals surface area contributed by atoms with Gasteiger partial charge in [-0.15, -0.1) is 0 Å². The molecule has 1 aliphatic rings. The Bertz CT molecular complexity index is 461. The Morgan fingerprint density at radius 3 is 2.41 bits per heavy atom. The van der Waals surface area contributed by atoms with Crippen LogP contribution in [0.15, 0.2) is 18.2 Å². The normalized spacial score (nSPS) is 19.0. The number of fused-ring (bicyclic) bond motifs is 1. The van der Waals surface area contributed by atoms with Crippen molar-refractivity contribution < 1.29 is 4.79 Å². The van der Waals surface area contributed by atoms with Crippen molar-refractivity contribution in [1.29, 1.82) is 0 Å². The summed E-state index contributed by atoms with van der Waals surface area (Å²) in [6.45, 7) is 11.0. The van der Waals surface area contributed by atoms with E-state index in [9.17, 15) is 4.79 Å². The quantitative estimate of drug-likeness (QED) is 0.651. The Labute approximate surface area is 104 Å². The molecule has 0 bridgehead atoms. The first-order valence-electron chi connectivity index (χ1n) is 6.40. The highest BCUT2D eigenvalue weighted by Crippen LogP contribution is 2.38. The SMILES string of the molecule is CC(C)(C)c1ccc2c(c1)C(=O)CCC2(C)C. The van der Waals surface area contributed by atoms with Crippen molar-refractivity contribution in [1.82, 2.24) is 0 Å². The van der Waals surface area contributed by atoms with E-state index in [0.29, 0.717) is 12.2 Å². The zero-order valence-electron chi connectivity index (χ0n) is 11.6. The second-order valence-corrected chi connectivity index (χ2v) is 6.82. The van der Waals surface area contributed by atoms with Gasteiger partial charge in [-0.05, 0) is 34.4 Å². The standard InChI is InChI=1S/C16H22O/c1-15(2,3)11-6-7-13-12(10-11)14(17)8-9-16(13,4)5/h6-7,10H,8-9H2,1-5H3. The van der Waals surface area contributed by atoms with Gasteiger partial charge in [-0.1, -0.05) is 46.8 Å². The lowest BCUT2D eigenvalue weighted by molar-refractivity contribution is 0.0956. The van der Waals surface area contributed by atoms with Gasteiger partial charge in [0.1, 0.15) is 0 Å². The molecule has 0 spiro atoms. The summed E-state index contributed by atoms with van der Waals surface area (Å²) in [5.41, 5.74) is 3.68. The van der Waals surface area contributed by atoms with E-state index in [4.69, 9.17) is 0 Å². The van der Waals surface area contributed by atoms with Crippen molar-refractivity contribution >= 4 is 5.78 Å². The monoisotopic (exact) mass is 230 g/mol. The fourth-order valence-electron chi connectivity index (χ4n) is 2.53. The Morgan fingerprint density at radius 1 is 1.18 bits per heavy atom. The molecule has 1 aromatic carbocycles. The number of Topliss-reactive ketones (excluding diaryl/α,β-unsaturated/α-hetero) is 1. The molecule has 0 fully saturated rings. The molecular weight excluding hydrogens is 208 g/mol. The van der Waals surface area contributed by atoms with Crippen LogP contribution in [-0.2, 0) is 10.8 Å². The molecule has 1 heteroatoms. The van der Waals surface area contributed by atoms with Crippen LogP contribution in [0.1, 0.15) is 68.9 Å². The van der Waals surface area contributed by atoms with E-state index in [0.717, 1.165) is 12.0 Å². The number of carbonyl (C=O) groups is 1. The third-order valence-corrected chi connectivity index (χ3v) is 3.89. The van der Waals surface area contributed by atoms with Gasteiger partial charge < -0.3 is 0 Å². The Kier molecular flexibility index (Phi) is 2.68. The molecular formula is C16H22O. The number of benzene rings is 1. The number of hydrogen-bond acceptors (Lipinski definition) is 1. The zero-order chi connectivity index (χ0) is 12.8. The van der Waals surface area contributed by atoms with Crippen molar-refractivity contribution in [2.45, 2.75) is 58.3 Å². The average Bonchev–Trinajstić information content (AvgIpc) is 2.22. The van der Waals surface area contributed by atoms with Crippen LogP contribution < -0.4 is 0 Å². The van der Waals surface area contributed by atoms with E-state index in [1.807, 2.05) is 0 Å². The van der Waals surface area contributed by atoms with Crippen molar-refractivity contribution in [3.8, 4) is 0 Å². The molecule has 0 radical (unpaired) electrons. The third kappa shape index (κ3) is 2.15. The van der Waals surface area contributed by atoms with E-state index in [2.05, 4.69) is 52.8 Å². The largest absolute Gasteiger partial charge is 0.294 e. The summed E-state index contributed by atoms with van der Waals surface area (Å²) >= 11 is 0. The van der Waals surface area contributed by atoms with Crippen molar-refractivity contribution in [2.24, 2.45) is 0 Å². The van der Waals surface area contributed by atoms with Gasteiger partial charge in [-0.25, -0.2) is 0 Å². The fraction of sp³-hybridized carbons (Fsp3) is 0.562. The highest BCUT2D eigenvalue weighted by Gasteiger charge is 2.32. The molecule has 1 nitrogen and oxygen atoms in total. The summed E-state index contributed by atoms with van der Waals surface area (Å²) in [7, 11) is 0. The zero-order valence-corrected chi connectivity index (χ0v) is 11.6. The molecule has 0 atom stereocenters. The van der Waals surface area contributed by atoms with Gasteiger partial charge in [-0.3, -0.25) is 4.79 Å². The summed E-state index contributed by atoms with van der Waals surface area (Å²) < 4.78 is 0. The minimum absolute atomic E-state index is 0.108. The van der Waals surface area contributed by atoms with Gasteiger partial charge in [0.05, 0.1) is 0 Å². The summed E-state index contributed by atoms with van der Waals surface area (Å²) in [6, 6.07) is 6.45. The minimum Gasteiger partial charge on any atom is -0.294 e. The molecule has 0 heterocycles. The lowest BCUT2D eigenvalue weighted by atomic mass is 9.71. The van der Waals surface area contributed by atoms with Crippen molar-refractivity contribution in [2.75, 3.05) is 0 Å². The summed E-state index contributed by atoms with van der Waals surface area (Å²) in [5.74, 6) is 0.311. The third-order valence-electron chi connectivity index (χ3n) is 3.89. The summed E-state index contributed by atoms with van der Waals surface area (Å²) in [5, 5.41) is 0. The number of carbonyl (C=O) groups excluding carboxylic acids is 1. The van der Waals surface area contributed by atoms with E-state index >= 15 is 0 Å². The number of hydrogen-bond donors (Lipinski definition) is 0. The highest BCUT2D eigenvalue weighted by atomic mass is 16.1. The molecule has 0 N–H and O–H groups in total. The second kappa shape index (κ2) is 3.69. The maximum absolute atomic E-state index is 12.1. The first-order valence-corrected chi connectivity index (χ1v) is 6.40. The number of rotatable bonds is 0. The molecule has 0 unspecified atom stereocenters. The van der Waals surface area contributed by atoms with Gasteiger partial charge in [0, 0.05) is 12.0 Å². The molecule has 0 amide bonds. The average molecular weight is 230 g/mol. The van der Waals surface area contributed by atoms with Gasteiger partial charge in [-0.2, -0.15) is 0 Å². The van der Waals surface area contributed by atoms with E-state index in [1.54, 1.807) is 0 Å². The van der Waals surface area contributed by atoms with Gasteiger partial charge in [0.2, 0.25) is 0 Å². The molecule has 0 aliphatic heterocycles. The molecule has 0 saturated carbocycles. The van der Waals surface area contributed by atoms with Crippen LogP contribution in [0.2, 0.25) is 0 Å². The molecule has 92 valence electrons. The fourth-order valence-corrected chi connectivity index (χ4v) is 2.53. The Morgan fingerprint density at radius 2 is 1.82 bits per heavy atom. The van der Waals surface area contributed by atoms with Crippen LogP contribution in [0.5, 0.6) is 0 Å². The van der Waals surface area contributed by atoms with Crippen molar-refractivity contribution in [3.05, 3.63) is 34.9 Å². The van der Waals surface area contributed by atoms with E-state index in [1.165, 1.54) is 11.1 Å². The van der Waals surface area contributed by atoms with Gasteiger partial charge in [0.25, 0.3) is 0 Å². The topological polar surface area (TPSA) is 17.1 Å². The van der Waals surface area contributed by atoms with Gasteiger partial charge >= 0.3 is 0 Å². The predicted molar refractivity (Wildman–Crippen MR) is 71.7 cm³/mol. The summed E-state index contributed by atoms with van der Waals surface area (Å²) in [6.07, 6.45) is 1.65. The first-order chi connectivity index (χ1) is 7.72. The maximum atomic E-state index is 12.1. The van der Waals surface area contributed by atoms with E-state index in [-0.39, 0.29) is 10.8 Å². The molecule has 0 saturated heterocycles. The molecule has 1 aromatic rings. The van der Waals surface area contributed by atoms with Gasteiger partial charge in [0.15, 0.2) is 5.78 Å². The second-order valence-electron chi connectivity index (χ2n) is 6.82. The highest BCUT2D eigenvalue weighted by molar-refractivity contribution is 5.99. The van der Waals surface area contributed by atoms with Crippen LogP contribution >= 0.6 is 0 Å². The molecule has 2 rings (SSSR count).